The minimum Gasteiger partial charge on any atom is -0.340 e. The van der Waals surface area contributed by atoms with E-state index in [1.807, 2.05) is 0 Å². The van der Waals surface area contributed by atoms with Gasteiger partial charge in [-0.3, -0.25) is 0 Å². The normalized spacial score (nSPS) is 17.2. The van der Waals surface area contributed by atoms with Crippen molar-refractivity contribution < 1.29 is 35.3 Å². The van der Waals surface area contributed by atoms with Crippen molar-refractivity contribution in [1.82, 2.24) is 14.7 Å². The van der Waals surface area contributed by atoms with E-state index in [0.29, 0.717) is 6.08 Å². The molecule has 0 N–H and O–H groups in total. The molecule has 0 saturated carbocycles. The van der Waals surface area contributed by atoms with Gasteiger partial charge >= 0.3 is 12.4 Å². The zero-order valence-electron chi connectivity index (χ0n) is 15.8. The summed E-state index contributed by atoms with van der Waals surface area (Å²) in [4.78, 5) is 3.99. The highest BCUT2D eigenvalue weighted by Crippen LogP contribution is 2.38. The highest BCUT2D eigenvalue weighted by molar-refractivity contribution is 5.86. The number of nitriles is 1. The number of halogens is 7. The largest absolute Gasteiger partial charge is 0.418 e. The molecule has 3 aromatic rings. The van der Waals surface area contributed by atoms with Gasteiger partial charge in [-0.1, -0.05) is 11.2 Å². The van der Waals surface area contributed by atoms with E-state index in [-0.39, 0.29) is 34.7 Å². The van der Waals surface area contributed by atoms with Crippen LogP contribution >= 0.6 is 0 Å². The molecule has 0 saturated heterocycles. The molecule has 0 radical (unpaired) electrons. The number of hydrogen-bond donors (Lipinski definition) is 0. The fourth-order valence-electron chi connectivity index (χ4n) is 3.48. The van der Waals surface area contributed by atoms with Crippen molar-refractivity contribution in [2.24, 2.45) is 0 Å². The Morgan fingerprint density at radius 3 is 2.53 bits per heavy atom. The van der Waals surface area contributed by atoms with Gasteiger partial charge < -0.3 is 9.09 Å². The third-order valence-corrected chi connectivity index (χ3v) is 4.90. The summed E-state index contributed by atoms with van der Waals surface area (Å²) in [6.45, 7) is -0.148. The number of rotatable bonds is 3. The minimum absolute atomic E-state index is 0.0133. The summed E-state index contributed by atoms with van der Waals surface area (Å²) in [5, 5.41) is 12.5. The van der Waals surface area contributed by atoms with Crippen LogP contribution in [0.25, 0.3) is 16.5 Å². The van der Waals surface area contributed by atoms with E-state index in [1.165, 1.54) is 35.0 Å². The second-order valence-corrected chi connectivity index (χ2v) is 6.95. The second kappa shape index (κ2) is 7.51. The SMILES string of the molecule is N#Cc1ccc2c(ccn2Cc2noc(C3=CCC(F)C(C(F)(F)F)=C3)n2)c1C(F)(F)F. The van der Waals surface area contributed by atoms with Crippen molar-refractivity contribution >= 4 is 16.5 Å². The van der Waals surface area contributed by atoms with Gasteiger partial charge in [-0.05, 0) is 24.3 Å². The van der Waals surface area contributed by atoms with E-state index in [4.69, 9.17) is 9.78 Å². The first-order chi connectivity index (χ1) is 15.0. The standard InChI is InChI=1S/C20H11F7N4O/c21-14-3-1-10(7-13(14)19(22,23)24)18-29-16(30-32-18)9-31-6-5-12-15(31)4-2-11(8-28)17(12)20(25,26)27/h1-2,4-7,14H,3,9H2. The number of fused-ring (bicyclic) bond motifs is 1. The molecular formula is C20H11F7N4O. The quantitative estimate of drug-likeness (QED) is 0.483. The maximum atomic E-state index is 13.6. The van der Waals surface area contributed by atoms with E-state index < -0.39 is 41.6 Å². The third kappa shape index (κ3) is 3.86. The average Bonchev–Trinajstić information content (AvgIpc) is 3.33. The number of nitrogens with zero attached hydrogens (tertiary/aromatic N) is 4. The van der Waals surface area contributed by atoms with Crippen LogP contribution < -0.4 is 0 Å². The van der Waals surface area contributed by atoms with Gasteiger partial charge in [0.15, 0.2) is 5.82 Å². The summed E-state index contributed by atoms with van der Waals surface area (Å²) in [5.74, 6) is -0.284. The van der Waals surface area contributed by atoms with Gasteiger partial charge in [0.05, 0.1) is 29.3 Å². The summed E-state index contributed by atoms with van der Waals surface area (Å²) in [5.41, 5.74) is -2.89. The Bertz CT molecular complexity index is 1290. The molecule has 0 aliphatic heterocycles. The first-order valence-electron chi connectivity index (χ1n) is 9.04. The first-order valence-corrected chi connectivity index (χ1v) is 9.04. The van der Waals surface area contributed by atoms with Crippen molar-refractivity contribution in [2.45, 2.75) is 31.5 Å². The molecule has 0 amide bonds. The van der Waals surface area contributed by atoms with Gasteiger partial charge in [-0.2, -0.15) is 36.6 Å². The highest BCUT2D eigenvalue weighted by Gasteiger charge is 2.40. The molecule has 0 spiro atoms. The molecule has 4 rings (SSSR count). The van der Waals surface area contributed by atoms with Gasteiger partial charge in [0.25, 0.3) is 5.89 Å². The van der Waals surface area contributed by atoms with Gasteiger partial charge in [0, 0.05) is 29.1 Å². The molecule has 0 bridgehead atoms. The topological polar surface area (TPSA) is 67.6 Å². The maximum absolute atomic E-state index is 13.6. The van der Waals surface area contributed by atoms with Gasteiger partial charge in [0.2, 0.25) is 0 Å². The molecule has 2 heterocycles. The Balaban J connectivity index is 1.65. The minimum atomic E-state index is -4.86. The van der Waals surface area contributed by atoms with Crippen LogP contribution in [0.5, 0.6) is 0 Å². The molecule has 0 fully saturated rings. The molecule has 1 aliphatic carbocycles. The number of benzene rings is 1. The van der Waals surface area contributed by atoms with Crippen LogP contribution in [0.2, 0.25) is 0 Å². The summed E-state index contributed by atoms with van der Waals surface area (Å²) in [7, 11) is 0. The molecule has 166 valence electrons. The van der Waals surface area contributed by atoms with E-state index in [9.17, 15) is 30.7 Å². The highest BCUT2D eigenvalue weighted by atomic mass is 19.4. The number of aromatic nitrogens is 3. The van der Waals surface area contributed by atoms with Crippen molar-refractivity contribution in [3.63, 3.8) is 0 Å². The Hall–Kier alpha value is -3.62. The second-order valence-electron chi connectivity index (χ2n) is 6.95. The van der Waals surface area contributed by atoms with Crippen LogP contribution in [0.4, 0.5) is 30.7 Å². The molecule has 1 unspecified atom stereocenters. The number of alkyl halides is 7. The molecule has 1 aromatic carbocycles. The first kappa shape index (κ1) is 21.6. The molecule has 2 aromatic heterocycles. The van der Waals surface area contributed by atoms with Crippen LogP contribution in [0.3, 0.4) is 0 Å². The van der Waals surface area contributed by atoms with Gasteiger partial charge in [-0.15, -0.1) is 0 Å². The van der Waals surface area contributed by atoms with Crippen molar-refractivity contribution in [3.05, 3.63) is 65.0 Å². The Morgan fingerprint density at radius 2 is 1.88 bits per heavy atom. The fourth-order valence-corrected chi connectivity index (χ4v) is 3.48. The van der Waals surface area contributed by atoms with Crippen molar-refractivity contribution in [1.29, 1.82) is 5.26 Å². The van der Waals surface area contributed by atoms with E-state index in [0.717, 1.165) is 6.07 Å². The summed E-state index contributed by atoms with van der Waals surface area (Å²) in [6, 6.07) is 5.11. The van der Waals surface area contributed by atoms with Crippen LogP contribution in [-0.2, 0) is 12.7 Å². The van der Waals surface area contributed by atoms with E-state index in [2.05, 4.69) is 10.1 Å². The Morgan fingerprint density at radius 1 is 1.12 bits per heavy atom. The van der Waals surface area contributed by atoms with Crippen molar-refractivity contribution in [3.8, 4) is 6.07 Å². The number of allylic oxidation sites excluding steroid dienone is 4. The lowest BCUT2D eigenvalue weighted by Gasteiger charge is -2.18. The molecule has 5 nitrogen and oxygen atoms in total. The summed E-state index contributed by atoms with van der Waals surface area (Å²) >= 11 is 0. The lowest BCUT2D eigenvalue weighted by molar-refractivity contribution is -0.136. The predicted molar refractivity (Wildman–Crippen MR) is 96.7 cm³/mol. The third-order valence-electron chi connectivity index (χ3n) is 4.90. The van der Waals surface area contributed by atoms with Gasteiger partial charge in [-0.25, -0.2) is 4.39 Å². The zero-order chi connectivity index (χ0) is 23.3. The molecule has 1 atom stereocenters. The predicted octanol–water partition coefficient (Wildman–Crippen LogP) is 5.58. The van der Waals surface area contributed by atoms with Crippen LogP contribution in [-0.4, -0.2) is 27.1 Å². The van der Waals surface area contributed by atoms with Crippen LogP contribution in [0.15, 0.2) is 46.6 Å². The average molecular weight is 456 g/mol. The Labute approximate surface area is 175 Å². The molecular weight excluding hydrogens is 445 g/mol. The summed E-state index contributed by atoms with van der Waals surface area (Å²) < 4.78 is 99.1. The fraction of sp³-hybridized carbons (Fsp3) is 0.250. The van der Waals surface area contributed by atoms with Crippen LogP contribution in [0, 0.1) is 11.3 Å². The Kier molecular flexibility index (Phi) is 5.07. The summed E-state index contributed by atoms with van der Waals surface area (Å²) in [6.07, 6.45) is -9.19. The monoisotopic (exact) mass is 456 g/mol. The number of hydrogen-bond acceptors (Lipinski definition) is 4. The maximum Gasteiger partial charge on any atom is 0.418 e. The van der Waals surface area contributed by atoms with E-state index >= 15 is 0 Å². The molecule has 1 aliphatic rings. The van der Waals surface area contributed by atoms with Crippen molar-refractivity contribution in [2.75, 3.05) is 0 Å². The van der Waals surface area contributed by atoms with E-state index in [1.54, 1.807) is 0 Å². The molecule has 12 heteroatoms. The zero-order valence-corrected chi connectivity index (χ0v) is 15.8. The van der Waals surface area contributed by atoms with Crippen LogP contribution in [0.1, 0.15) is 29.3 Å². The molecule has 32 heavy (non-hydrogen) atoms. The lowest BCUT2D eigenvalue weighted by Crippen LogP contribution is -2.22. The lowest BCUT2D eigenvalue weighted by atomic mass is 9.97. The van der Waals surface area contributed by atoms with Gasteiger partial charge in [0.1, 0.15) is 6.17 Å². The smallest absolute Gasteiger partial charge is 0.340 e.